The van der Waals surface area contributed by atoms with Crippen LogP contribution in [0, 0.1) is 0 Å². The lowest BCUT2D eigenvalue weighted by Gasteiger charge is -1.97. The summed E-state index contributed by atoms with van der Waals surface area (Å²) in [5.74, 6) is 0.0563. The summed E-state index contributed by atoms with van der Waals surface area (Å²) in [4.78, 5) is 9.83. The maximum absolute atomic E-state index is 9.83. The van der Waals surface area contributed by atoms with Crippen LogP contribution in [0.25, 0.3) is 0 Å². The summed E-state index contributed by atoms with van der Waals surface area (Å²) in [6.45, 7) is 0. The molecule has 0 bridgehead atoms. The molecule has 1 aromatic carbocycles. The molecule has 0 radical (unpaired) electrons. The predicted molar refractivity (Wildman–Crippen MR) is 49.9 cm³/mol. The summed E-state index contributed by atoms with van der Waals surface area (Å²) in [7, 11) is 0. The van der Waals surface area contributed by atoms with Crippen LogP contribution in [-0.4, -0.2) is 17.7 Å². The van der Waals surface area contributed by atoms with Gasteiger partial charge in [-0.1, -0.05) is 11.6 Å². The van der Waals surface area contributed by atoms with Crippen LogP contribution in [0.1, 0.15) is 5.56 Å². The van der Waals surface area contributed by atoms with Gasteiger partial charge in [0, 0.05) is 10.6 Å². The van der Waals surface area contributed by atoms with Crippen molar-refractivity contribution in [1.29, 1.82) is 0 Å². The Bertz CT molecular complexity index is 339. The summed E-state index contributed by atoms with van der Waals surface area (Å²) >= 11 is 5.67. The van der Waals surface area contributed by atoms with Crippen LogP contribution < -0.4 is 5.43 Å². The number of carbonyl (C=O) groups excluding carboxylic acids is 1. The minimum absolute atomic E-state index is 0.0563. The van der Waals surface area contributed by atoms with Gasteiger partial charge in [-0.15, -0.1) is 0 Å². The highest BCUT2D eigenvalue weighted by Gasteiger charge is 1.97. The topological polar surface area (TPSA) is 61.7 Å². The SMILES string of the molecule is O=CN/N=C\c1cc(Cl)ccc1O. The van der Waals surface area contributed by atoms with Crippen LogP contribution in [0.15, 0.2) is 23.3 Å². The lowest BCUT2D eigenvalue weighted by molar-refractivity contribution is -0.109. The molecule has 0 saturated heterocycles. The summed E-state index contributed by atoms with van der Waals surface area (Å²) in [6, 6.07) is 4.54. The van der Waals surface area contributed by atoms with E-state index in [1.165, 1.54) is 18.3 Å². The van der Waals surface area contributed by atoms with E-state index in [2.05, 4.69) is 10.5 Å². The Kier molecular flexibility index (Phi) is 3.28. The van der Waals surface area contributed by atoms with E-state index < -0.39 is 0 Å². The monoisotopic (exact) mass is 198 g/mol. The van der Waals surface area contributed by atoms with Gasteiger partial charge in [-0.25, -0.2) is 5.43 Å². The third-order valence-corrected chi connectivity index (χ3v) is 1.56. The minimum atomic E-state index is 0.0563. The molecule has 5 heteroatoms. The second-order valence-corrected chi connectivity index (χ2v) is 2.64. The summed E-state index contributed by atoms with van der Waals surface area (Å²) in [6.07, 6.45) is 1.73. The molecule has 0 unspecified atom stereocenters. The molecule has 2 N–H and O–H groups in total. The van der Waals surface area contributed by atoms with Crippen LogP contribution in [0.4, 0.5) is 0 Å². The van der Waals surface area contributed by atoms with Gasteiger partial charge in [-0.3, -0.25) is 4.79 Å². The molecule has 1 rings (SSSR count). The van der Waals surface area contributed by atoms with Crippen molar-refractivity contribution in [3.05, 3.63) is 28.8 Å². The lowest BCUT2D eigenvalue weighted by Crippen LogP contribution is -2.00. The molecule has 0 heterocycles. The van der Waals surface area contributed by atoms with E-state index in [-0.39, 0.29) is 5.75 Å². The molecule has 0 aromatic heterocycles. The lowest BCUT2D eigenvalue weighted by atomic mass is 10.2. The molecule has 0 aliphatic carbocycles. The van der Waals surface area contributed by atoms with Crippen molar-refractivity contribution in [2.45, 2.75) is 0 Å². The molecule has 68 valence electrons. The smallest absolute Gasteiger partial charge is 0.227 e. The van der Waals surface area contributed by atoms with Crippen molar-refractivity contribution in [2.75, 3.05) is 0 Å². The van der Waals surface area contributed by atoms with Crippen LogP contribution in [0.3, 0.4) is 0 Å². The van der Waals surface area contributed by atoms with Gasteiger partial charge in [0.15, 0.2) is 0 Å². The molecule has 4 nitrogen and oxygen atoms in total. The van der Waals surface area contributed by atoms with Crippen molar-refractivity contribution < 1.29 is 9.90 Å². The van der Waals surface area contributed by atoms with Gasteiger partial charge in [0.2, 0.25) is 6.41 Å². The number of hydrogen-bond donors (Lipinski definition) is 2. The number of rotatable bonds is 3. The Hall–Kier alpha value is -1.55. The Morgan fingerprint density at radius 1 is 1.54 bits per heavy atom. The fourth-order valence-electron chi connectivity index (χ4n) is 0.766. The van der Waals surface area contributed by atoms with Crippen molar-refractivity contribution in [1.82, 2.24) is 5.43 Å². The maximum Gasteiger partial charge on any atom is 0.227 e. The molecular weight excluding hydrogens is 192 g/mol. The predicted octanol–water partition coefficient (Wildman–Crippen LogP) is 1.13. The number of hydrazone groups is 1. The molecule has 0 saturated carbocycles. The Labute approximate surface area is 79.8 Å². The number of benzene rings is 1. The number of hydrogen-bond acceptors (Lipinski definition) is 3. The molecular formula is C8H7ClN2O2. The number of amides is 1. The van der Waals surface area contributed by atoms with Gasteiger partial charge in [0.05, 0.1) is 6.21 Å². The third-order valence-electron chi connectivity index (χ3n) is 1.32. The second-order valence-electron chi connectivity index (χ2n) is 2.21. The van der Waals surface area contributed by atoms with E-state index in [4.69, 9.17) is 11.6 Å². The Morgan fingerprint density at radius 3 is 3.00 bits per heavy atom. The van der Waals surface area contributed by atoms with Gasteiger partial charge in [-0.2, -0.15) is 5.10 Å². The van der Waals surface area contributed by atoms with Crippen LogP contribution in [-0.2, 0) is 4.79 Å². The van der Waals surface area contributed by atoms with Crippen molar-refractivity contribution in [2.24, 2.45) is 5.10 Å². The number of nitrogens with one attached hydrogen (secondary N) is 1. The first kappa shape index (κ1) is 9.54. The average molecular weight is 199 g/mol. The van der Waals surface area contributed by atoms with Gasteiger partial charge < -0.3 is 5.11 Å². The zero-order valence-corrected chi connectivity index (χ0v) is 7.32. The van der Waals surface area contributed by atoms with Gasteiger partial charge in [0.25, 0.3) is 0 Å². The largest absolute Gasteiger partial charge is 0.507 e. The van der Waals surface area contributed by atoms with Crippen LogP contribution in [0.2, 0.25) is 5.02 Å². The molecule has 13 heavy (non-hydrogen) atoms. The molecule has 0 atom stereocenters. The van der Waals surface area contributed by atoms with E-state index in [0.717, 1.165) is 0 Å². The van der Waals surface area contributed by atoms with Crippen LogP contribution >= 0.6 is 11.6 Å². The summed E-state index contributed by atoms with van der Waals surface area (Å²) in [5, 5.41) is 13.3. The molecule has 0 spiro atoms. The second kappa shape index (κ2) is 4.47. The van der Waals surface area contributed by atoms with Gasteiger partial charge in [-0.05, 0) is 18.2 Å². The molecule has 0 aliphatic rings. The van der Waals surface area contributed by atoms with E-state index in [1.54, 1.807) is 6.07 Å². The standard InChI is InChI=1S/C8H7ClN2O2/c9-7-1-2-8(13)6(3-7)4-10-11-5-12/h1-5,13H,(H,11,12)/b10-4-. The summed E-state index contributed by atoms with van der Waals surface area (Å²) in [5.41, 5.74) is 2.52. The fourth-order valence-corrected chi connectivity index (χ4v) is 0.947. The number of nitrogens with zero attached hydrogens (tertiary/aromatic N) is 1. The van der Waals surface area contributed by atoms with Gasteiger partial charge in [0.1, 0.15) is 5.75 Å². The minimum Gasteiger partial charge on any atom is -0.507 e. The first-order valence-corrected chi connectivity index (χ1v) is 3.82. The summed E-state index contributed by atoms with van der Waals surface area (Å²) < 4.78 is 0. The number of phenolic OH excluding ortho intramolecular Hbond substituents is 1. The van der Waals surface area contributed by atoms with Crippen molar-refractivity contribution in [3.8, 4) is 5.75 Å². The highest BCUT2D eigenvalue weighted by Crippen LogP contribution is 2.19. The Morgan fingerprint density at radius 2 is 2.31 bits per heavy atom. The zero-order chi connectivity index (χ0) is 9.68. The maximum atomic E-state index is 9.83. The van der Waals surface area contributed by atoms with E-state index >= 15 is 0 Å². The van der Waals surface area contributed by atoms with Crippen LogP contribution in [0.5, 0.6) is 5.75 Å². The highest BCUT2D eigenvalue weighted by atomic mass is 35.5. The van der Waals surface area contributed by atoms with E-state index in [0.29, 0.717) is 17.0 Å². The molecule has 1 amide bonds. The highest BCUT2D eigenvalue weighted by molar-refractivity contribution is 6.30. The van der Waals surface area contributed by atoms with E-state index in [9.17, 15) is 9.90 Å². The number of phenols is 1. The first-order chi connectivity index (χ1) is 6.24. The third kappa shape index (κ3) is 2.76. The molecule has 0 aliphatic heterocycles. The fraction of sp³-hybridized carbons (Fsp3) is 0. The molecule has 0 fully saturated rings. The number of carbonyl (C=O) groups is 1. The zero-order valence-electron chi connectivity index (χ0n) is 6.57. The normalized spacial score (nSPS) is 10.2. The molecule has 1 aromatic rings. The van der Waals surface area contributed by atoms with E-state index in [1.807, 2.05) is 0 Å². The Balaban J connectivity index is 2.86. The van der Waals surface area contributed by atoms with Gasteiger partial charge >= 0.3 is 0 Å². The van der Waals surface area contributed by atoms with Crippen molar-refractivity contribution >= 4 is 24.2 Å². The quantitative estimate of drug-likeness (QED) is 0.435. The average Bonchev–Trinajstić information content (AvgIpc) is 2.11. The van der Waals surface area contributed by atoms with Crippen molar-refractivity contribution in [3.63, 3.8) is 0 Å². The number of halogens is 1. The number of aromatic hydroxyl groups is 1. The first-order valence-electron chi connectivity index (χ1n) is 3.45.